The molecule has 9 nitrogen and oxygen atoms in total. The van der Waals surface area contributed by atoms with Crippen LogP contribution >= 0.6 is 7.82 Å². The summed E-state index contributed by atoms with van der Waals surface area (Å²) in [5.74, 6) is 0.118. The number of ether oxygens (including phenoxy) is 1. The van der Waals surface area contributed by atoms with Crippen molar-refractivity contribution in [2.24, 2.45) is 0 Å². The van der Waals surface area contributed by atoms with E-state index in [-0.39, 0.29) is 25.8 Å². The highest BCUT2D eigenvalue weighted by molar-refractivity contribution is 7.45. The van der Waals surface area contributed by atoms with Gasteiger partial charge >= 0.3 is 5.69 Å². The van der Waals surface area contributed by atoms with Gasteiger partial charge in [0, 0.05) is 6.20 Å². The summed E-state index contributed by atoms with van der Waals surface area (Å²) in [6.07, 6.45) is 0.860. The number of phosphoric acid groups is 1. The van der Waals surface area contributed by atoms with E-state index in [4.69, 9.17) is 10.5 Å². The molecule has 2 N–H and O–H groups in total. The first-order valence-corrected chi connectivity index (χ1v) is 6.47. The molecule has 18 heavy (non-hydrogen) atoms. The molecule has 1 saturated heterocycles. The van der Waals surface area contributed by atoms with Gasteiger partial charge in [-0.25, -0.2) is 4.79 Å². The van der Waals surface area contributed by atoms with Crippen LogP contribution in [0.15, 0.2) is 17.1 Å². The zero-order valence-electron chi connectivity index (χ0n) is 9.22. The molecule has 0 unspecified atom stereocenters. The van der Waals surface area contributed by atoms with Gasteiger partial charge in [0.05, 0.1) is 13.2 Å². The van der Waals surface area contributed by atoms with Crippen LogP contribution in [-0.2, 0) is 25.1 Å². The number of rotatable bonds is 3. The predicted molar refractivity (Wildman–Crippen MR) is 57.3 cm³/mol. The molecular formula is C8H11N3O6P-. The molecule has 0 saturated carbocycles. The summed E-state index contributed by atoms with van der Waals surface area (Å²) < 4.78 is 26.1. The molecule has 0 aliphatic carbocycles. The van der Waals surface area contributed by atoms with Crippen molar-refractivity contribution in [1.82, 2.24) is 9.55 Å². The molecule has 10 heteroatoms. The lowest BCUT2D eigenvalue weighted by molar-refractivity contribution is -0.241. The van der Waals surface area contributed by atoms with Gasteiger partial charge in [0.1, 0.15) is 18.7 Å². The summed E-state index contributed by atoms with van der Waals surface area (Å²) in [6, 6.07) is 1.45. The van der Waals surface area contributed by atoms with Crippen molar-refractivity contribution >= 4 is 13.6 Å². The second kappa shape index (κ2) is 5.17. The molecule has 1 aromatic heterocycles. The van der Waals surface area contributed by atoms with Crippen LogP contribution in [0.5, 0.6) is 0 Å². The fourth-order valence-corrected chi connectivity index (χ4v) is 2.03. The summed E-state index contributed by atoms with van der Waals surface area (Å²) >= 11 is 0. The molecular weight excluding hydrogens is 265 g/mol. The number of nitrogens with two attached hydrogens (primary N) is 1. The van der Waals surface area contributed by atoms with Crippen molar-refractivity contribution in [2.75, 3.05) is 18.9 Å². The highest BCUT2D eigenvalue weighted by atomic mass is 31.2. The van der Waals surface area contributed by atoms with E-state index in [2.05, 4.69) is 14.0 Å². The summed E-state index contributed by atoms with van der Waals surface area (Å²) in [7, 11) is -4.16. The molecule has 100 valence electrons. The summed E-state index contributed by atoms with van der Waals surface area (Å²) in [5.41, 5.74) is 4.77. The fourth-order valence-electron chi connectivity index (χ4n) is 1.26. The Morgan fingerprint density at radius 3 is 2.89 bits per heavy atom. The molecule has 2 heterocycles. The van der Waals surface area contributed by atoms with Gasteiger partial charge in [-0.1, -0.05) is 0 Å². The van der Waals surface area contributed by atoms with Crippen LogP contribution in [-0.4, -0.2) is 28.9 Å². The van der Waals surface area contributed by atoms with Crippen LogP contribution < -0.4 is 16.3 Å². The minimum Gasteiger partial charge on any atom is -0.756 e. The summed E-state index contributed by atoms with van der Waals surface area (Å²) in [6.45, 7) is -0.373. The Morgan fingerprint density at radius 2 is 2.28 bits per heavy atom. The standard InChI is InChI=1S/C8H12N3O6P/c9-7-1-2-11(8(12)10-7)5-15-6-3-16-18(13,14)17-4-6/h1-2,6H,3-5H2,(H,13,14)(H2,9,10,12)/p-1. The lowest BCUT2D eigenvalue weighted by Crippen LogP contribution is -2.34. The van der Waals surface area contributed by atoms with Crippen LogP contribution in [0.4, 0.5) is 5.82 Å². The number of anilines is 1. The maximum absolute atomic E-state index is 11.4. The maximum atomic E-state index is 11.4. The Kier molecular flexibility index (Phi) is 3.79. The monoisotopic (exact) mass is 276 g/mol. The molecule has 2 rings (SSSR count). The average molecular weight is 276 g/mol. The van der Waals surface area contributed by atoms with E-state index >= 15 is 0 Å². The predicted octanol–water partition coefficient (Wildman–Crippen LogP) is -1.32. The van der Waals surface area contributed by atoms with Crippen molar-refractivity contribution in [3.05, 3.63) is 22.7 Å². The molecule has 0 aromatic carbocycles. The lowest BCUT2D eigenvalue weighted by Gasteiger charge is -2.31. The van der Waals surface area contributed by atoms with Gasteiger partial charge in [-0.2, -0.15) is 4.98 Å². The Morgan fingerprint density at radius 1 is 1.61 bits per heavy atom. The first kappa shape index (κ1) is 13.2. The number of aromatic nitrogens is 2. The van der Waals surface area contributed by atoms with E-state index in [1.165, 1.54) is 16.8 Å². The van der Waals surface area contributed by atoms with Crippen LogP contribution in [0.25, 0.3) is 0 Å². The normalized spacial score (nSPS) is 28.2. The summed E-state index contributed by atoms with van der Waals surface area (Å²) in [4.78, 5) is 25.7. The fraction of sp³-hybridized carbons (Fsp3) is 0.500. The number of hydrogen-bond acceptors (Lipinski definition) is 8. The third-order valence-electron chi connectivity index (χ3n) is 2.18. The van der Waals surface area contributed by atoms with Crippen molar-refractivity contribution in [2.45, 2.75) is 12.8 Å². The van der Waals surface area contributed by atoms with Gasteiger partial charge in [-0.3, -0.25) is 9.13 Å². The number of nitrogen functional groups attached to an aromatic ring is 1. The van der Waals surface area contributed by atoms with E-state index < -0.39 is 19.6 Å². The van der Waals surface area contributed by atoms with Crippen LogP contribution in [0.2, 0.25) is 0 Å². The van der Waals surface area contributed by atoms with E-state index in [1.807, 2.05) is 0 Å². The molecule has 1 aliphatic heterocycles. The molecule has 1 aliphatic rings. The SMILES string of the molecule is Nc1ccn(COC2COP(=O)([O-])OC2)c(=O)n1. The van der Waals surface area contributed by atoms with Gasteiger partial charge in [-0.05, 0) is 6.07 Å². The second-order valence-electron chi connectivity index (χ2n) is 3.56. The van der Waals surface area contributed by atoms with E-state index in [1.54, 1.807) is 0 Å². The average Bonchev–Trinajstić information content (AvgIpc) is 2.29. The number of phosphoric ester groups is 1. The number of hydrogen-bond donors (Lipinski definition) is 1. The zero-order valence-corrected chi connectivity index (χ0v) is 10.1. The smallest absolute Gasteiger partial charge is 0.351 e. The molecule has 0 spiro atoms. The summed E-state index contributed by atoms with van der Waals surface area (Å²) in [5, 5.41) is 0. The van der Waals surface area contributed by atoms with Crippen molar-refractivity contribution < 1.29 is 23.2 Å². The Hall–Kier alpha value is -1.25. The number of nitrogens with zero attached hydrogens (tertiary/aromatic N) is 2. The van der Waals surface area contributed by atoms with E-state index in [0.717, 1.165) is 0 Å². The third kappa shape index (κ3) is 3.37. The quantitative estimate of drug-likeness (QED) is 0.673. The van der Waals surface area contributed by atoms with Gasteiger partial charge < -0.3 is 24.4 Å². The van der Waals surface area contributed by atoms with Crippen molar-refractivity contribution in [1.29, 1.82) is 0 Å². The van der Waals surface area contributed by atoms with Crippen LogP contribution in [0.3, 0.4) is 0 Å². The van der Waals surface area contributed by atoms with E-state index in [0.29, 0.717) is 0 Å². The Labute approximate surface area is 102 Å². The van der Waals surface area contributed by atoms with Gasteiger partial charge in [0.25, 0.3) is 7.82 Å². The molecule has 0 radical (unpaired) electrons. The Balaban J connectivity index is 1.89. The van der Waals surface area contributed by atoms with Gasteiger partial charge in [0.2, 0.25) is 0 Å². The largest absolute Gasteiger partial charge is 0.756 e. The molecule has 0 atom stereocenters. The minimum atomic E-state index is -4.16. The molecule has 1 fully saturated rings. The maximum Gasteiger partial charge on any atom is 0.351 e. The lowest BCUT2D eigenvalue weighted by atomic mass is 10.4. The highest BCUT2D eigenvalue weighted by Crippen LogP contribution is 2.41. The van der Waals surface area contributed by atoms with Crippen LogP contribution in [0.1, 0.15) is 0 Å². The minimum absolute atomic E-state index is 0.0906. The molecule has 0 amide bonds. The van der Waals surface area contributed by atoms with Crippen molar-refractivity contribution in [3.8, 4) is 0 Å². The molecule has 1 aromatic rings. The first-order chi connectivity index (χ1) is 8.46. The third-order valence-corrected chi connectivity index (χ3v) is 3.11. The van der Waals surface area contributed by atoms with Crippen LogP contribution in [0, 0.1) is 0 Å². The van der Waals surface area contributed by atoms with Gasteiger partial charge in [0.15, 0.2) is 0 Å². The zero-order chi connectivity index (χ0) is 13.2. The van der Waals surface area contributed by atoms with E-state index in [9.17, 15) is 14.3 Å². The Bertz CT molecular complexity index is 520. The second-order valence-corrected chi connectivity index (χ2v) is 4.97. The molecule has 0 bridgehead atoms. The van der Waals surface area contributed by atoms with Crippen molar-refractivity contribution in [3.63, 3.8) is 0 Å². The van der Waals surface area contributed by atoms with Gasteiger partial charge in [-0.15, -0.1) is 0 Å². The first-order valence-electron chi connectivity index (χ1n) is 5.01. The highest BCUT2D eigenvalue weighted by Gasteiger charge is 2.23. The topological polar surface area (TPSA) is 129 Å².